The van der Waals surface area contributed by atoms with Crippen molar-refractivity contribution in [3.05, 3.63) is 35.9 Å². The summed E-state index contributed by atoms with van der Waals surface area (Å²) in [6, 6.07) is 9.07. The van der Waals surface area contributed by atoms with Crippen LogP contribution in [0.5, 0.6) is 0 Å². The molecule has 26 heavy (non-hydrogen) atoms. The third kappa shape index (κ3) is 4.21. The lowest BCUT2D eigenvalue weighted by atomic mass is 10.0. The normalized spacial score (nSPS) is 20.0. The number of benzene rings is 1. The fourth-order valence-corrected chi connectivity index (χ4v) is 2.62. The second kappa shape index (κ2) is 7.86. The molecule has 0 saturated heterocycles. The van der Waals surface area contributed by atoms with Crippen LogP contribution in [0.4, 0.5) is 13.2 Å². The van der Waals surface area contributed by atoms with Crippen molar-refractivity contribution in [3.8, 4) is 0 Å². The van der Waals surface area contributed by atoms with E-state index < -0.39 is 30.1 Å². The Bertz CT molecular complexity index is 691. The number of carbonyl (C=O) groups is 2. The highest BCUT2D eigenvalue weighted by Crippen LogP contribution is 2.40. The maximum atomic E-state index is 13.3. The smallest absolute Gasteiger partial charge is 0.362 e. The number of carbonyl (C=O) groups excluding carboxylic acids is 2. The van der Waals surface area contributed by atoms with Crippen molar-refractivity contribution in [2.75, 3.05) is 6.54 Å². The summed E-state index contributed by atoms with van der Waals surface area (Å²) in [5.74, 6) is -2.78. The summed E-state index contributed by atoms with van der Waals surface area (Å²) in [6.07, 6.45) is -4.89. The molecule has 0 bridgehead atoms. The van der Waals surface area contributed by atoms with Gasteiger partial charge in [0.1, 0.15) is 0 Å². The molecule has 0 saturated carbocycles. The Morgan fingerprint density at radius 3 is 2.50 bits per heavy atom. The molecule has 1 heterocycles. The fourth-order valence-electron chi connectivity index (χ4n) is 2.62. The molecule has 2 amide bonds. The molecule has 0 aliphatic carbocycles. The molecule has 1 unspecified atom stereocenters. The molecule has 1 aromatic rings. The average Bonchev–Trinajstić information content (AvgIpc) is 2.93. The third-order valence-electron chi connectivity index (χ3n) is 3.96. The molecule has 0 radical (unpaired) electrons. The van der Waals surface area contributed by atoms with Crippen LogP contribution in [0.2, 0.25) is 0 Å². The number of rotatable bonds is 5. The van der Waals surface area contributed by atoms with Crippen LogP contribution in [0.25, 0.3) is 0 Å². The van der Waals surface area contributed by atoms with Crippen LogP contribution < -0.4 is 5.32 Å². The number of nitrogens with zero attached hydrogens (tertiary/aromatic N) is 2. The predicted molar refractivity (Wildman–Crippen MR) is 88.0 cm³/mol. The Labute approximate surface area is 148 Å². The van der Waals surface area contributed by atoms with Crippen LogP contribution in [0, 0.1) is 0 Å². The van der Waals surface area contributed by atoms with E-state index in [1.165, 1.54) is 0 Å². The lowest BCUT2D eigenvalue weighted by Crippen LogP contribution is -2.59. The van der Waals surface area contributed by atoms with Crippen LogP contribution >= 0.6 is 0 Å². The minimum Gasteiger partial charge on any atom is -0.362 e. The topological polar surface area (TPSA) is 82.0 Å². The van der Waals surface area contributed by atoms with E-state index in [2.05, 4.69) is 10.4 Å². The molecule has 1 aromatic carbocycles. The lowest BCUT2D eigenvalue weighted by molar-refractivity contribution is -0.301. The SMILES string of the molecule is CCCC1=NN(C(=O)C(=O)NCCc2ccccc2)C(O)(C(F)(F)F)C1. The maximum Gasteiger partial charge on any atom is 0.438 e. The molecular weight excluding hydrogens is 351 g/mol. The van der Waals surface area contributed by atoms with Gasteiger partial charge in [-0.2, -0.15) is 23.3 Å². The zero-order valence-electron chi connectivity index (χ0n) is 14.2. The minimum atomic E-state index is -5.13. The Morgan fingerprint density at radius 1 is 1.27 bits per heavy atom. The van der Waals surface area contributed by atoms with Crippen LogP contribution in [0.3, 0.4) is 0 Å². The molecule has 1 aliphatic heterocycles. The number of halogens is 3. The summed E-state index contributed by atoms with van der Waals surface area (Å²) < 4.78 is 39.8. The average molecular weight is 371 g/mol. The summed E-state index contributed by atoms with van der Waals surface area (Å²) in [6.45, 7) is 1.80. The van der Waals surface area contributed by atoms with E-state index in [1.807, 2.05) is 18.2 Å². The van der Waals surface area contributed by atoms with Crippen molar-refractivity contribution in [2.24, 2.45) is 5.10 Å². The van der Waals surface area contributed by atoms with E-state index in [0.717, 1.165) is 5.56 Å². The Hall–Kier alpha value is -2.42. The molecule has 2 N–H and O–H groups in total. The van der Waals surface area contributed by atoms with Crippen molar-refractivity contribution < 1.29 is 27.9 Å². The highest BCUT2D eigenvalue weighted by molar-refractivity contribution is 6.35. The second-order valence-corrected chi connectivity index (χ2v) is 6.02. The van der Waals surface area contributed by atoms with Gasteiger partial charge in [0.05, 0.1) is 0 Å². The van der Waals surface area contributed by atoms with Crippen molar-refractivity contribution in [1.82, 2.24) is 10.3 Å². The zero-order chi connectivity index (χ0) is 19.4. The van der Waals surface area contributed by atoms with E-state index in [1.54, 1.807) is 19.1 Å². The van der Waals surface area contributed by atoms with E-state index in [9.17, 15) is 27.9 Å². The molecule has 0 aromatic heterocycles. The Morgan fingerprint density at radius 2 is 1.92 bits per heavy atom. The molecule has 142 valence electrons. The maximum absolute atomic E-state index is 13.3. The third-order valence-corrected chi connectivity index (χ3v) is 3.96. The van der Waals surface area contributed by atoms with Crippen molar-refractivity contribution in [2.45, 2.75) is 44.5 Å². The van der Waals surface area contributed by atoms with E-state index in [-0.39, 0.29) is 23.7 Å². The van der Waals surface area contributed by atoms with Crippen molar-refractivity contribution in [3.63, 3.8) is 0 Å². The molecule has 0 spiro atoms. The number of aliphatic hydroxyl groups is 1. The second-order valence-electron chi connectivity index (χ2n) is 6.02. The van der Waals surface area contributed by atoms with Gasteiger partial charge in [0.2, 0.25) is 0 Å². The van der Waals surface area contributed by atoms with Crippen LogP contribution in [-0.2, 0) is 16.0 Å². The first kappa shape index (κ1) is 19.9. The highest BCUT2D eigenvalue weighted by Gasteiger charge is 2.63. The van der Waals surface area contributed by atoms with Gasteiger partial charge >= 0.3 is 18.0 Å². The quantitative estimate of drug-likeness (QED) is 0.777. The predicted octanol–water partition coefficient (Wildman–Crippen LogP) is 1.98. The monoisotopic (exact) mass is 371 g/mol. The number of nitrogens with one attached hydrogen (secondary N) is 1. The van der Waals surface area contributed by atoms with Gasteiger partial charge in [-0.1, -0.05) is 43.7 Å². The Balaban J connectivity index is 2.05. The first-order valence-electron chi connectivity index (χ1n) is 8.21. The van der Waals surface area contributed by atoms with Gasteiger partial charge in [-0.15, -0.1) is 0 Å². The van der Waals surface area contributed by atoms with E-state index >= 15 is 0 Å². The molecule has 2 rings (SSSR count). The molecule has 0 fully saturated rings. The van der Waals surface area contributed by atoms with Crippen LogP contribution in [0.1, 0.15) is 31.7 Å². The fraction of sp³-hybridized carbons (Fsp3) is 0.471. The van der Waals surface area contributed by atoms with Gasteiger partial charge in [0.25, 0.3) is 5.72 Å². The van der Waals surface area contributed by atoms with Gasteiger partial charge in [-0.25, -0.2) is 0 Å². The largest absolute Gasteiger partial charge is 0.438 e. The molecule has 6 nitrogen and oxygen atoms in total. The van der Waals surface area contributed by atoms with Crippen molar-refractivity contribution >= 4 is 17.5 Å². The van der Waals surface area contributed by atoms with Gasteiger partial charge in [-0.3, -0.25) is 9.59 Å². The summed E-state index contributed by atoms with van der Waals surface area (Å²) in [4.78, 5) is 24.1. The first-order chi connectivity index (χ1) is 12.2. The van der Waals surface area contributed by atoms with E-state index in [0.29, 0.717) is 12.8 Å². The number of alkyl halides is 3. The number of hydrogen-bond acceptors (Lipinski definition) is 4. The summed E-state index contributed by atoms with van der Waals surface area (Å²) in [5, 5.41) is 15.7. The molecular formula is C17H20F3N3O3. The van der Waals surface area contributed by atoms with Gasteiger partial charge in [0.15, 0.2) is 0 Å². The van der Waals surface area contributed by atoms with Gasteiger partial charge in [0, 0.05) is 18.7 Å². The standard InChI is InChI=1S/C17H20F3N3O3/c1-2-6-13-11-16(26,17(18,19)20)23(22-13)15(25)14(24)21-10-9-12-7-4-3-5-8-12/h3-5,7-8,26H,2,6,9-11H2,1H3,(H,21,24). The molecule has 9 heteroatoms. The number of amides is 2. The molecule has 1 aliphatic rings. The van der Waals surface area contributed by atoms with Crippen LogP contribution in [0.15, 0.2) is 35.4 Å². The van der Waals surface area contributed by atoms with Gasteiger partial charge in [-0.05, 0) is 18.4 Å². The first-order valence-corrected chi connectivity index (χ1v) is 8.21. The number of hydrogen-bond donors (Lipinski definition) is 2. The van der Waals surface area contributed by atoms with Gasteiger partial charge < -0.3 is 10.4 Å². The van der Waals surface area contributed by atoms with Crippen molar-refractivity contribution in [1.29, 1.82) is 0 Å². The summed E-state index contributed by atoms with van der Waals surface area (Å²) >= 11 is 0. The summed E-state index contributed by atoms with van der Waals surface area (Å²) in [5.41, 5.74) is -2.57. The molecule has 1 atom stereocenters. The number of hydrazone groups is 1. The lowest BCUT2D eigenvalue weighted by Gasteiger charge is -2.32. The Kier molecular flexibility index (Phi) is 6.01. The minimum absolute atomic E-state index is 0.0257. The summed E-state index contributed by atoms with van der Waals surface area (Å²) in [7, 11) is 0. The van der Waals surface area contributed by atoms with E-state index in [4.69, 9.17) is 0 Å². The highest BCUT2D eigenvalue weighted by atomic mass is 19.4. The zero-order valence-corrected chi connectivity index (χ0v) is 14.2. The van der Waals surface area contributed by atoms with Crippen LogP contribution in [-0.4, -0.2) is 46.1 Å².